The third-order valence-electron chi connectivity index (χ3n) is 2.38. The normalized spacial score (nSPS) is 10.9. The number of hydrogen-bond donors (Lipinski definition) is 3. The molecule has 0 spiro atoms. The van der Waals surface area contributed by atoms with E-state index in [0.717, 1.165) is 16.6 Å². The quantitative estimate of drug-likeness (QED) is 0.427. The SMILES string of the molecule is NNCC=CC(=O)Nc1ccc2ncccc2c1. The van der Waals surface area contributed by atoms with E-state index in [1.807, 2.05) is 30.3 Å². The second-order valence-corrected chi connectivity index (χ2v) is 3.71. The van der Waals surface area contributed by atoms with Gasteiger partial charge in [-0.3, -0.25) is 21.0 Å². The summed E-state index contributed by atoms with van der Waals surface area (Å²) in [4.78, 5) is 15.8. The second kappa shape index (κ2) is 5.90. The van der Waals surface area contributed by atoms with Gasteiger partial charge in [0, 0.05) is 29.9 Å². The highest BCUT2D eigenvalue weighted by atomic mass is 16.1. The lowest BCUT2D eigenvalue weighted by Crippen LogP contribution is -2.21. The van der Waals surface area contributed by atoms with Gasteiger partial charge in [0.25, 0.3) is 0 Å². The summed E-state index contributed by atoms with van der Waals surface area (Å²) in [7, 11) is 0. The molecule has 0 aliphatic rings. The maximum Gasteiger partial charge on any atom is 0.248 e. The number of carbonyl (C=O) groups is 1. The van der Waals surface area contributed by atoms with Gasteiger partial charge in [0.15, 0.2) is 0 Å². The van der Waals surface area contributed by atoms with E-state index in [2.05, 4.69) is 15.7 Å². The van der Waals surface area contributed by atoms with Crippen LogP contribution < -0.4 is 16.6 Å². The summed E-state index contributed by atoms with van der Waals surface area (Å²) in [5, 5.41) is 3.76. The number of nitrogens with two attached hydrogens (primary N) is 1. The zero-order chi connectivity index (χ0) is 12.8. The molecule has 4 N–H and O–H groups in total. The van der Waals surface area contributed by atoms with Crippen LogP contribution in [0.15, 0.2) is 48.7 Å². The van der Waals surface area contributed by atoms with Crippen LogP contribution in [0.2, 0.25) is 0 Å². The van der Waals surface area contributed by atoms with Crippen molar-refractivity contribution in [2.45, 2.75) is 0 Å². The highest BCUT2D eigenvalue weighted by Gasteiger charge is 1.99. The van der Waals surface area contributed by atoms with Gasteiger partial charge in [-0.2, -0.15) is 0 Å². The van der Waals surface area contributed by atoms with Gasteiger partial charge in [-0.15, -0.1) is 0 Å². The zero-order valence-corrected chi connectivity index (χ0v) is 9.76. The largest absolute Gasteiger partial charge is 0.322 e. The van der Waals surface area contributed by atoms with Crippen LogP contribution in [-0.2, 0) is 4.79 Å². The minimum Gasteiger partial charge on any atom is -0.322 e. The molecule has 2 aromatic rings. The molecule has 0 aliphatic heterocycles. The molecule has 0 radical (unpaired) electrons. The highest BCUT2D eigenvalue weighted by molar-refractivity contribution is 6.00. The Morgan fingerprint density at radius 1 is 1.39 bits per heavy atom. The first-order valence-electron chi connectivity index (χ1n) is 5.55. The number of hydrazine groups is 1. The predicted octanol–water partition coefficient (Wildman–Crippen LogP) is 1.19. The molecule has 92 valence electrons. The van der Waals surface area contributed by atoms with Crippen molar-refractivity contribution in [2.24, 2.45) is 5.84 Å². The number of aromatic nitrogens is 1. The molecule has 18 heavy (non-hydrogen) atoms. The van der Waals surface area contributed by atoms with Crippen LogP contribution in [0.25, 0.3) is 10.9 Å². The molecule has 1 aromatic carbocycles. The molecule has 1 amide bonds. The molecule has 1 aromatic heterocycles. The number of nitrogens with one attached hydrogen (secondary N) is 2. The lowest BCUT2D eigenvalue weighted by molar-refractivity contribution is -0.111. The van der Waals surface area contributed by atoms with Gasteiger partial charge in [-0.05, 0) is 24.3 Å². The average molecular weight is 242 g/mol. The fourth-order valence-electron chi connectivity index (χ4n) is 1.57. The van der Waals surface area contributed by atoms with Crippen LogP contribution >= 0.6 is 0 Å². The summed E-state index contributed by atoms with van der Waals surface area (Å²) >= 11 is 0. The molecule has 0 aliphatic carbocycles. The van der Waals surface area contributed by atoms with Crippen LogP contribution in [-0.4, -0.2) is 17.4 Å². The highest BCUT2D eigenvalue weighted by Crippen LogP contribution is 2.16. The van der Waals surface area contributed by atoms with E-state index in [1.165, 1.54) is 6.08 Å². The van der Waals surface area contributed by atoms with Crippen molar-refractivity contribution in [2.75, 3.05) is 11.9 Å². The first-order chi connectivity index (χ1) is 8.79. The standard InChI is InChI=1S/C13H14N4O/c14-16-8-2-4-13(18)17-11-5-6-12-10(9-11)3-1-7-15-12/h1-7,9,16H,8,14H2,(H,17,18). The fraction of sp³-hybridized carbons (Fsp3) is 0.0769. The molecular weight excluding hydrogens is 228 g/mol. The van der Waals surface area contributed by atoms with Gasteiger partial charge in [-0.1, -0.05) is 12.1 Å². The first-order valence-corrected chi connectivity index (χ1v) is 5.55. The summed E-state index contributed by atoms with van der Waals surface area (Å²) in [6.45, 7) is 0.453. The second-order valence-electron chi connectivity index (χ2n) is 3.71. The number of amides is 1. The zero-order valence-electron chi connectivity index (χ0n) is 9.76. The Kier molecular flexibility index (Phi) is 4.01. The van der Waals surface area contributed by atoms with Gasteiger partial charge in [0.05, 0.1) is 5.52 Å². The number of carbonyl (C=O) groups excluding carboxylic acids is 1. The Hall–Kier alpha value is -2.24. The van der Waals surface area contributed by atoms with E-state index in [-0.39, 0.29) is 5.91 Å². The number of nitrogens with zero attached hydrogens (tertiary/aromatic N) is 1. The van der Waals surface area contributed by atoms with E-state index < -0.39 is 0 Å². The van der Waals surface area contributed by atoms with Crippen molar-refractivity contribution in [1.29, 1.82) is 0 Å². The van der Waals surface area contributed by atoms with Crippen molar-refractivity contribution in [3.63, 3.8) is 0 Å². The monoisotopic (exact) mass is 242 g/mol. The molecule has 0 fully saturated rings. The molecule has 0 bridgehead atoms. The van der Waals surface area contributed by atoms with Crippen molar-refractivity contribution in [1.82, 2.24) is 10.4 Å². The minimum absolute atomic E-state index is 0.187. The van der Waals surface area contributed by atoms with Crippen LogP contribution in [0.1, 0.15) is 0 Å². The Morgan fingerprint density at radius 2 is 2.28 bits per heavy atom. The first kappa shape index (κ1) is 12.2. The van der Waals surface area contributed by atoms with Crippen molar-refractivity contribution in [3.05, 3.63) is 48.7 Å². The molecule has 5 nitrogen and oxygen atoms in total. The van der Waals surface area contributed by atoms with Crippen LogP contribution in [0.3, 0.4) is 0 Å². The molecule has 0 saturated carbocycles. The van der Waals surface area contributed by atoms with Crippen molar-refractivity contribution < 1.29 is 4.79 Å². The molecular formula is C13H14N4O. The van der Waals surface area contributed by atoms with E-state index in [1.54, 1.807) is 12.3 Å². The van der Waals surface area contributed by atoms with Crippen molar-refractivity contribution in [3.8, 4) is 0 Å². The van der Waals surface area contributed by atoms with Gasteiger partial charge >= 0.3 is 0 Å². The van der Waals surface area contributed by atoms with Gasteiger partial charge in [0.2, 0.25) is 5.91 Å². The third-order valence-corrected chi connectivity index (χ3v) is 2.38. The number of pyridine rings is 1. The summed E-state index contributed by atoms with van der Waals surface area (Å²) < 4.78 is 0. The third kappa shape index (κ3) is 3.13. The molecule has 5 heteroatoms. The Balaban J connectivity index is 2.10. The van der Waals surface area contributed by atoms with Crippen molar-refractivity contribution >= 4 is 22.5 Å². The Morgan fingerprint density at radius 3 is 3.11 bits per heavy atom. The minimum atomic E-state index is -0.187. The van der Waals surface area contributed by atoms with E-state index in [0.29, 0.717) is 6.54 Å². The number of hydrogen-bond acceptors (Lipinski definition) is 4. The summed E-state index contributed by atoms with van der Waals surface area (Å²) in [6, 6.07) is 9.39. The molecule has 0 unspecified atom stereocenters. The van der Waals surface area contributed by atoms with E-state index in [4.69, 9.17) is 5.84 Å². The number of rotatable bonds is 4. The van der Waals surface area contributed by atoms with Crippen LogP contribution in [0, 0.1) is 0 Å². The van der Waals surface area contributed by atoms with Crippen LogP contribution in [0.5, 0.6) is 0 Å². The van der Waals surface area contributed by atoms with Gasteiger partial charge in [0.1, 0.15) is 0 Å². The van der Waals surface area contributed by atoms with E-state index in [9.17, 15) is 4.79 Å². The average Bonchev–Trinajstić information content (AvgIpc) is 2.39. The lowest BCUT2D eigenvalue weighted by Gasteiger charge is -2.03. The summed E-state index contributed by atoms with van der Waals surface area (Å²) in [6.07, 6.45) is 4.83. The molecule has 0 atom stereocenters. The molecule has 0 saturated heterocycles. The van der Waals surface area contributed by atoms with Crippen LogP contribution in [0.4, 0.5) is 5.69 Å². The molecule has 2 rings (SSSR count). The van der Waals surface area contributed by atoms with Gasteiger partial charge in [-0.25, -0.2) is 0 Å². The number of anilines is 1. The maximum absolute atomic E-state index is 11.5. The lowest BCUT2D eigenvalue weighted by atomic mass is 10.2. The number of benzene rings is 1. The Bertz CT molecular complexity index is 580. The van der Waals surface area contributed by atoms with E-state index >= 15 is 0 Å². The molecule has 1 heterocycles. The summed E-state index contributed by atoms with van der Waals surface area (Å²) in [5.41, 5.74) is 4.08. The van der Waals surface area contributed by atoms with Gasteiger partial charge < -0.3 is 5.32 Å². The smallest absolute Gasteiger partial charge is 0.248 e. The maximum atomic E-state index is 11.5. The number of fused-ring (bicyclic) bond motifs is 1. The Labute approximate surface area is 105 Å². The predicted molar refractivity (Wildman–Crippen MR) is 71.7 cm³/mol. The topological polar surface area (TPSA) is 80.0 Å². The summed E-state index contributed by atoms with van der Waals surface area (Å²) in [5.74, 6) is 4.90. The fourth-order valence-corrected chi connectivity index (χ4v) is 1.57.